The van der Waals surface area contributed by atoms with Crippen LogP contribution < -0.4 is 15.8 Å². The molecule has 0 spiro atoms. The number of nitrogens with zero attached hydrogens (tertiary/aromatic N) is 6. The van der Waals surface area contributed by atoms with Crippen LogP contribution in [-0.2, 0) is 50.7 Å². The zero-order valence-corrected chi connectivity index (χ0v) is 25.0. The largest absolute Gasteiger partial charge is 0.339 e. The average Bonchev–Trinajstić information content (AvgIpc) is 3.60. The Morgan fingerprint density at radius 3 is 2.67 bits per heavy atom. The predicted octanol–water partition coefficient (Wildman–Crippen LogP) is 4.26. The Morgan fingerprint density at radius 2 is 1.86 bits per heavy atom. The van der Waals surface area contributed by atoms with Crippen LogP contribution in [0.15, 0.2) is 47.4 Å². The Labute approximate surface area is 250 Å². The van der Waals surface area contributed by atoms with Crippen LogP contribution in [0, 0.1) is 0 Å². The molecule has 0 saturated heterocycles. The highest BCUT2D eigenvalue weighted by molar-refractivity contribution is 6.07. The third-order valence-corrected chi connectivity index (χ3v) is 9.22. The normalized spacial score (nSPS) is 16.1. The van der Waals surface area contributed by atoms with Crippen molar-refractivity contribution in [1.29, 1.82) is 0 Å². The molecule has 1 aliphatic carbocycles. The van der Waals surface area contributed by atoms with Gasteiger partial charge in [0.15, 0.2) is 5.82 Å². The lowest BCUT2D eigenvalue weighted by Crippen LogP contribution is -2.41. The zero-order chi connectivity index (χ0) is 29.8. The van der Waals surface area contributed by atoms with Gasteiger partial charge in [-0.1, -0.05) is 19.1 Å². The molecule has 0 bridgehead atoms. The molecule has 3 aliphatic rings. The molecule has 10 nitrogen and oxygen atoms in total. The summed E-state index contributed by atoms with van der Waals surface area (Å²) < 4.78 is 5.72. The van der Waals surface area contributed by atoms with Gasteiger partial charge >= 0.3 is 0 Å². The Morgan fingerprint density at radius 1 is 1.02 bits per heavy atom. The van der Waals surface area contributed by atoms with Crippen LogP contribution in [0.3, 0.4) is 0 Å². The molecule has 1 N–H and O–H groups in total. The predicted molar refractivity (Wildman–Crippen MR) is 166 cm³/mol. The van der Waals surface area contributed by atoms with Gasteiger partial charge in [-0.3, -0.25) is 19.1 Å². The molecular weight excluding hydrogens is 542 g/mol. The summed E-state index contributed by atoms with van der Waals surface area (Å²) in [5.74, 6) is 0.669. The fourth-order valence-electron chi connectivity index (χ4n) is 7.02. The number of amides is 2. The van der Waals surface area contributed by atoms with Crippen molar-refractivity contribution < 1.29 is 9.59 Å². The first-order chi connectivity index (χ1) is 20.8. The van der Waals surface area contributed by atoms with E-state index in [1.807, 2.05) is 40.0 Å². The third-order valence-electron chi connectivity index (χ3n) is 9.22. The van der Waals surface area contributed by atoms with Gasteiger partial charge in [-0.25, -0.2) is 0 Å². The smallest absolute Gasteiger partial charge is 0.274 e. The van der Waals surface area contributed by atoms with Crippen molar-refractivity contribution in [2.24, 2.45) is 7.05 Å². The minimum Gasteiger partial charge on any atom is -0.339 e. The van der Waals surface area contributed by atoms with Gasteiger partial charge in [0.25, 0.3) is 11.5 Å². The number of carbonyl (C=O) groups excluding carboxylic acids is 2. The topological polar surface area (TPSA) is 97.4 Å². The maximum absolute atomic E-state index is 13.9. The summed E-state index contributed by atoms with van der Waals surface area (Å²) in [5.41, 5.74) is 8.55. The number of hydrogen-bond acceptors (Lipinski definition) is 5. The van der Waals surface area contributed by atoms with Crippen molar-refractivity contribution in [1.82, 2.24) is 23.8 Å². The summed E-state index contributed by atoms with van der Waals surface area (Å²) in [5, 5.41) is 7.89. The van der Waals surface area contributed by atoms with Gasteiger partial charge in [-0.05, 0) is 67.0 Å². The van der Waals surface area contributed by atoms with Crippen LogP contribution in [0.25, 0.3) is 11.1 Å². The lowest BCUT2D eigenvalue weighted by atomic mass is 9.96. The molecule has 43 heavy (non-hydrogen) atoms. The van der Waals surface area contributed by atoms with E-state index in [1.54, 1.807) is 23.4 Å². The van der Waals surface area contributed by atoms with Crippen molar-refractivity contribution in [2.75, 3.05) is 23.3 Å². The minimum absolute atomic E-state index is 0.0387. The Hall–Kier alpha value is -4.60. The van der Waals surface area contributed by atoms with Gasteiger partial charge in [-0.15, -0.1) is 0 Å². The highest BCUT2D eigenvalue weighted by Crippen LogP contribution is 2.36. The van der Waals surface area contributed by atoms with Crippen molar-refractivity contribution in [2.45, 2.75) is 65.6 Å². The quantitative estimate of drug-likeness (QED) is 0.381. The van der Waals surface area contributed by atoms with Crippen LogP contribution >= 0.6 is 0 Å². The molecule has 5 heterocycles. The molecule has 7 rings (SSSR count). The van der Waals surface area contributed by atoms with Gasteiger partial charge in [0.2, 0.25) is 5.91 Å². The molecule has 0 saturated carbocycles. The highest BCUT2D eigenvalue weighted by atomic mass is 16.2. The van der Waals surface area contributed by atoms with Gasteiger partial charge in [0.05, 0.1) is 18.8 Å². The number of rotatable bonds is 5. The second-order valence-electron chi connectivity index (χ2n) is 11.8. The molecule has 4 aromatic rings. The van der Waals surface area contributed by atoms with E-state index in [4.69, 9.17) is 0 Å². The number of carbonyl (C=O) groups is 2. The van der Waals surface area contributed by atoms with Crippen LogP contribution in [-0.4, -0.2) is 48.7 Å². The number of benzene rings is 1. The van der Waals surface area contributed by atoms with Crippen molar-refractivity contribution in [3.8, 4) is 11.1 Å². The maximum atomic E-state index is 13.9. The molecule has 1 aromatic carbocycles. The molecule has 0 radical (unpaired) electrons. The number of anilines is 3. The summed E-state index contributed by atoms with van der Waals surface area (Å²) in [6.07, 6.45) is 7.08. The van der Waals surface area contributed by atoms with Crippen molar-refractivity contribution >= 4 is 29.0 Å². The van der Waals surface area contributed by atoms with E-state index in [2.05, 4.69) is 34.0 Å². The third kappa shape index (κ3) is 4.65. The van der Waals surface area contributed by atoms with Crippen LogP contribution in [0.2, 0.25) is 0 Å². The number of hydrogen-bond donors (Lipinski definition) is 1. The van der Waals surface area contributed by atoms with E-state index in [-0.39, 0.29) is 17.4 Å². The second-order valence-corrected chi connectivity index (χ2v) is 11.8. The number of pyridine rings is 1. The molecule has 2 amide bonds. The Balaban J connectivity index is 1.22. The highest BCUT2D eigenvalue weighted by Gasteiger charge is 2.31. The van der Waals surface area contributed by atoms with Gasteiger partial charge in [-0.2, -0.15) is 5.10 Å². The van der Waals surface area contributed by atoms with Crippen LogP contribution in [0.5, 0.6) is 0 Å². The summed E-state index contributed by atoms with van der Waals surface area (Å²) in [7, 11) is 1.75. The number of nitrogens with one attached hydrogen (secondary N) is 1. The molecular formula is C33H37N7O3. The molecule has 0 unspecified atom stereocenters. The summed E-state index contributed by atoms with van der Waals surface area (Å²) in [6.45, 7) is 6.85. The second kappa shape index (κ2) is 10.6. The lowest BCUT2D eigenvalue weighted by molar-refractivity contribution is -0.130. The fraction of sp³-hybridized carbons (Fsp3) is 0.394. The van der Waals surface area contributed by atoms with E-state index < -0.39 is 0 Å². The van der Waals surface area contributed by atoms with E-state index in [9.17, 15) is 14.4 Å². The molecule has 222 valence electrons. The Kier molecular flexibility index (Phi) is 6.71. The first kappa shape index (κ1) is 27.2. The first-order valence-corrected chi connectivity index (χ1v) is 15.3. The molecule has 2 aliphatic heterocycles. The SMILES string of the molecule is CCc1c(-c2cc(Nc3cc4n(n3)CCN(C(C)=O)C4)c(=O)n(C)c2)cccc1N1CCn2c(cc3c2CCCC3)C1=O. The minimum atomic E-state index is -0.162. The van der Waals surface area contributed by atoms with Crippen LogP contribution in [0.4, 0.5) is 17.2 Å². The average molecular weight is 580 g/mol. The molecule has 10 heteroatoms. The van der Waals surface area contributed by atoms with E-state index in [0.29, 0.717) is 37.7 Å². The Bertz CT molecular complexity index is 1830. The number of aromatic nitrogens is 4. The molecule has 0 atom stereocenters. The van der Waals surface area contributed by atoms with E-state index in [0.717, 1.165) is 59.6 Å². The van der Waals surface area contributed by atoms with E-state index in [1.165, 1.54) is 24.1 Å². The zero-order valence-electron chi connectivity index (χ0n) is 25.0. The summed E-state index contributed by atoms with van der Waals surface area (Å²) >= 11 is 0. The fourth-order valence-corrected chi connectivity index (χ4v) is 7.02. The number of fused-ring (bicyclic) bond motifs is 4. The van der Waals surface area contributed by atoms with Crippen molar-refractivity contribution in [3.63, 3.8) is 0 Å². The summed E-state index contributed by atoms with van der Waals surface area (Å²) in [6, 6.07) is 12.0. The van der Waals surface area contributed by atoms with Gasteiger partial charge in [0, 0.05) is 62.8 Å². The molecule has 0 fully saturated rings. The monoisotopic (exact) mass is 579 g/mol. The van der Waals surface area contributed by atoms with Gasteiger partial charge in [0.1, 0.15) is 11.4 Å². The van der Waals surface area contributed by atoms with Gasteiger partial charge < -0.3 is 24.3 Å². The standard InChI is InChI=1S/C33H37N7O3/c1-4-25-26(9-7-11-29(25)39-14-13-38-28-10-6-5-8-22(28)17-30(38)33(39)43)23-16-27(32(42)36(3)19-23)34-31-18-24-20-37(21(2)41)12-15-40(24)35-31/h7,9,11,16-19H,4-6,8,10,12-15,20H2,1-3H3,(H,34,35). The lowest BCUT2D eigenvalue weighted by Gasteiger charge is -2.32. The first-order valence-electron chi connectivity index (χ1n) is 15.3. The molecule has 3 aromatic heterocycles. The number of aryl methyl sites for hydroxylation is 2. The van der Waals surface area contributed by atoms with Crippen LogP contribution in [0.1, 0.15) is 59.7 Å². The van der Waals surface area contributed by atoms with E-state index >= 15 is 0 Å². The summed E-state index contributed by atoms with van der Waals surface area (Å²) in [4.78, 5) is 42.7. The maximum Gasteiger partial charge on any atom is 0.274 e. The van der Waals surface area contributed by atoms with Crippen molar-refractivity contribution in [3.05, 3.63) is 81.2 Å².